The van der Waals surface area contributed by atoms with E-state index >= 15 is 0 Å². The molecule has 0 saturated heterocycles. The molecule has 0 bridgehead atoms. The molecule has 20 heavy (non-hydrogen) atoms. The zero-order valence-corrected chi connectivity index (χ0v) is 12.5. The molecule has 7 heteroatoms. The van der Waals surface area contributed by atoms with Gasteiger partial charge in [-0.15, -0.1) is 0 Å². The molecule has 0 radical (unpaired) electrons. The fourth-order valence-electron chi connectivity index (χ4n) is 1.80. The lowest BCUT2D eigenvalue weighted by Gasteiger charge is -2.16. The lowest BCUT2D eigenvalue weighted by atomic mass is 10.0. The molecular weight excluding hydrogens is 303 g/mol. The molecule has 0 heterocycles. The molecular formula is C13H16Cl2N2O3. The first kappa shape index (κ1) is 16.8. The van der Waals surface area contributed by atoms with Gasteiger partial charge >= 0.3 is 5.97 Å². The first-order valence-electron chi connectivity index (χ1n) is 6.14. The van der Waals surface area contributed by atoms with Crippen LogP contribution in [0.1, 0.15) is 30.1 Å². The number of carboxylic acids is 1. The molecule has 0 aliphatic heterocycles. The Bertz CT molecular complexity index is 521. The molecule has 1 atom stereocenters. The number of hydrogen-bond acceptors (Lipinski definition) is 3. The van der Waals surface area contributed by atoms with Crippen LogP contribution in [0.15, 0.2) is 12.1 Å². The number of hydrogen-bond donors (Lipinski definition) is 3. The quantitative estimate of drug-likeness (QED) is 0.751. The summed E-state index contributed by atoms with van der Waals surface area (Å²) in [6.45, 7) is 2.13. The van der Waals surface area contributed by atoms with E-state index in [4.69, 9.17) is 34.0 Å². The van der Waals surface area contributed by atoms with E-state index in [0.29, 0.717) is 6.42 Å². The Hall–Kier alpha value is -1.30. The molecule has 4 N–H and O–H groups in total. The number of halogens is 2. The largest absolute Gasteiger partial charge is 0.478 e. The Morgan fingerprint density at radius 3 is 2.55 bits per heavy atom. The molecule has 110 valence electrons. The highest BCUT2D eigenvalue weighted by Crippen LogP contribution is 2.30. The Kier molecular flexibility index (Phi) is 6.26. The number of carboxylic acid groups (broad SMARTS) is 1. The Morgan fingerprint density at radius 1 is 1.40 bits per heavy atom. The first-order valence-corrected chi connectivity index (χ1v) is 6.89. The summed E-state index contributed by atoms with van der Waals surface area (Å²) in [6, 6.07) is 2.62. The monoisotopic (exact) mass is 318 g/mol. The molecule has 0 aliphatic rings. The number of benzene rings is 1. The van der Waals surface area contributed by atoms with Gasteiger partial charge in [-0.3, -0.25) is 4.79 Å². The van der Waals surface area contributed by atoms with Gasteiger partial charge < -0.3 is 16.2 Å². The van der Waals surface area contributed by atoms with E-state index in [1.165, 1.54) is 12.1 Å². The van der Waals surface area contributed by atoms with Crippen LogP contribution in [-0.2, 0) is 4.79 Å². The van der Waals surface area contributed by atoms with Gasteiger partial charge in [0.05, 0.1) is 22.2 Å². The van der Waals surface area contributed by atoms with Crippen molar-refractivity contribution in [3.63, 3.8) is 0 Å². The summed E-state index contributed by atoms with van der Waals surface area (Å²) in [5, 5.41) is 11.9. The number of amides is 1. The summed E-state index contributed by atoms with van der Waals surface area (Å²) >= 11 is 11.7. The highest BCUT2D eigenvalue weighted by molar-refractivity contribution is 6.37. The summed E-state index contributed by atoms with van der Waals surface area (Å²) < 4.78 is 0. The summed E-state index contributed by atoms with van der Waals surface area (Å²) in [7, 11) is 0. The molecule has 1 amide bonds. The number of rotatable bonds is 6. The van der Waals surface area contributed by atoms with E-state index in [-0.39, 0.29) is 39.7 Å². The van der Waals surface area contributed by atoms with Gasteiger partial charge in [0.25, 0.3) is 0 Å². The van der Waals surface area contributed by atoms with E-state index in [2.05, 4.69) is 5.32 Å². The minimum absolute atomic E-state index is 0.0446. The summed E-state index contributed by atoms with van der Waals surface area (Å²) in [6.07, 6.45) is 1.42. The second-order valence-corrected chi connectivity index (χ2v) is 5.17. The van der Waals surface area contributed by atoms with Crippen molar-refractivity contribution in [2.45, 2.75) is 19.8 Å². The minimum atomic E-state index is -1.22. The number of nitrogens with two attached hydrogens (primary N) is 1. The van der Waals surface area contributed by atoms with Crippen LogP contribution in [0.2, 0.25) is 10.0 Å². The predicted molar refractivity (Wildman–Crippen MR) is 79.5 cm³/mol. The molecule has 0 aromatic heterocycles. The number of aromatic carboxylic acids is 1. The second-order valence-electron chi connectivity index (χ2n) is 4.33. The van der Waals surface area contributed by atoms with E-state index in [0.717, 1.165) is 6.42 Å². The van der Waals surface area contributed by atoms with Gasteiger partial charge in [-0.25, -0.2) is 4.79 Å². The van der Waals surface area contributed by atoms with Crippen LogP contribution >= 0.6 is 23.2 Å². The fourth-order valence-corrected chi connectivity index (χ4v) is 2.34. The van der Waals surface area contributed by atoms with E-state index in [9.17, 15) is 9.59 Å². The number of carbonyl (C=O) groups is 2. The summed E-state index contributed by atoms with van der Waals surface area (Å²) in [5.41, 5.74) is 5.44. The third-order valence-electron chi connectivity index (χ3n) is 2.83. The van der Waals surface area contributed by atoms with E-state index < -0.39 is 5.97 Å². The van der Waals surface area contributed by atoms with Crippen LogP contribution in [-0.4, -0.2) is 23.5 Å². The van der Waals surface area contributed by atoms with Gasteiger partial charge in [0, 0.05) is 11.6 Å². The third-order valence-corrected chi connectivity index (χ3v) is 3.34. The zero-order valence-electron chi connectivity index (χ0n) is 11.0. The van der Waals surface area contributed by atoms with Gasteiger partial charge in [-0.2, -0.15) is 0 Å². The predicted octanol–water partition coefficient (Wildman–Crippen LogP) is 3.01. The summed E-state index contributed by atoms with van der Waals surface area (Å²) in [4.78, 5) is 23.2. The van der Waals surface area contributed by atoms with Crippen molar-refractivity contribution in [1.82, 2.24) is 0 Å². The van der Waals surface area contributed by atoms with Crippen LogP contribution in [0.3, 0.4) is 0 Å². The SMILES string of the molecule is CCCC(CN)C(=O)Nc1c(Cl)cc(Cl)cc1C(=O)O. The lowest BCUT2D eigenvalue weighted by Crippen LogP contribution is -2.29. The standard InChI is InChI=1S/C13H16Cl2N2O3/c1-2-3-7(6-16)12(18)17-11-9(13(19)20)4-8(14)5-10(11)15/h4-5,7H,2-3,6,16H2,1H3,(H,17,18)(H,19,20). The molecule has 5 nitrogen and oxygen atoms in total. The topological polar surface area (TPSA) is 92.4 Å². The molecule has 1 unspecified atom stereocenters. The van der Waals surface area contributed by atoms with Crippen LogP contribution in [0.25, 0.3) is 0 Å². The van der Waals surface area contributed by atoms with Gasteiger partial charge in [0.15, 0.2) is 0 Å². The number of nitrogens with one attached hydrogen (secondary N) is 1. The van der Waals surface area contributed by atoms with Crippen molar-refractivity contribution in [1.29, 1.82) is 0 Å². The van der Waals surface area contributed by atoms with Crippen molar-refractivity contribution < 1.29 is 14.7 Å². The maximum Gasteiger partial charge on any atom is 0.337 e. The van der Waals surface area contributed by atoms with Crippen molar-refractivity contribution in [3.05, 3.63) is 27.7 Å². The fraction of sp³-hybridized carbons (Fsp3) is 0.385. The van der Waals surface area contributed by atoms with Gasteiger partial charge in [-0.05, 0) is 18.6 Å². The zero-order chi connectivity index (χ0) is 15.3. The Morgan fingerprint density at radius 2 is 2.05 bits per heavy atom. The molecule has 1 aromatic carbocycles. The van der Waals surface area contributed by atoms with Gasteiger partial charge in [0.2, 0.25) is 5.91 Å². The average Bonchev–Trinajstić information content (AvgIpc) is 2.38. The Balaban J connectivity index is 3.08. The van der Waals surface area contributed by atoms with E-state index in [1.54, 1.807) is 0 Å². The maximum atomic E-state index is 12.1. The van der Waals surface area contributed by atoms with Crippen molar-refractivity contribution in [2.75, 3.05) is 11.9 Å². The second kappa shape index (κ2) is 7.47. The minimum Gasteiger partial charge on any atom is -0.478 e. The molecule has 0 aliphatic carbocycles. The Labute approximate surface area is 127 Å². The molecule has 1 aromatic rings. The lowest BCUT2D eigenvalue weighted by molar-refractivity contribution is -0.119. The molecule has 0 saturated carbocycles. The number of carbonyl (C=O) groups excluding carboxylic acids is 1. The maximum absolute atomic E-state index is 12.1. The highest BCUT2D eigenvalue weighted by atomic mass is 35.5. The van der Waals surface area contributed by atoms with Crippen molar-refractivity contribution in [3.8, 4) is 0 Å². The van der Waals surface area contributed by atoms with Gasteiger partial charge in [0.1, 0.15) is 0 Å². The summed E-state index contributed by atoms with van der Waals surface area (Å²) in [5.74, 6) is -1.95. The van der Waals surface area contributed by atoms with Crippen LogP contribution in [0, 0.1) is 5.92 Å². The van der Waals surface area contributed by atoms with Crippen LogP contribution in [0.4, 0.5) is 5.69 Å². The third kappa shape index (κ3) is 4.10. The first-order chi connectivity index (χ1) is 9.40. The van der Waals surface area contributed by atoms with Crippen LogP contribution < -0.4 is 11.1 Å². The highest BCUT2D eigenvalue weighted by Gasteiger charge is 2.21. The van der Waals surface area contributed by atoms with E-state index in [1.807, 2.05) is 6.92 Å². The van der Waals surface area contributed by atoms with Crippen molar-refractivity contribution >= 4 is 40.8 Å². The molecule has 0 fully saturated rings. The normalized spacial score (nSPS) is 12.0. The van der Waals surface area contributed by atoms with Crippen LogP contribution in [0.5, 0.6) is 0 Å². The van der Waals surface area contributed by atoms with Gasteiger partial charge in [-0.1, -0.05) is 36.5 Å². The average molecular weight is 319 g/mol. The smallest absolute Gasteiger partial charge is 0.337 e. The molecule has 1 rings (SSSR count). The number of anilines is 1. The molecule has 0 spiro atoms. The van der Waals surface area contributed by atoms with Crippen molar-refractivity contribution in [2.24, 2.45) is 11.7 Å².